The minimum absolute atomic E-state index is 0.521. The molecule has 0 atom stereocenters. The van der Waals surface area contributed by atoms with Gasteiger partial charge in [-0.2, -0.15) is 0 Å². The van der Waals surface area contributed by atoms with E-state index < -0.39 is 0 Å². The van der Waals surface area contributed by atoms with Gasteiger partial charge in [-0.15, -0.1) is 10.2 Å². The molecule has 6 nitrogen and oxygen atoms in total. The van der Waals surface area contributed by atoms with Crippen molar-refractivity contribution in [3.8, 4) is 11.5 Å². The van der Waals surface area contributed by atoms with Gasteiger partial charge in [0.05, 0.1) is 19.0 Å². The monoisotopic (exact) mass is 404 g/mol. The molecule has 4 aromatic rings. The van der Waals surface area contributed by atoms with E-state index in [1.807, 2.05) is 42.5 Å². The molecule has 0 unspecified atom stereocenters. The molecule has 29 heavy (non-hydrogen) atoms. The van der Waals surface area contributed by atoms with Crippen molar-refractivity contribution in [3.05, 3.63) is 84.3 Å². The standard InChI is InChI=1S/C22H20N4O2S/c1-2-8-20(28-18-6-3-11-23-13-18)17(5-1)15-29-22-25-24-21(16-9-10-16)26(22)14-19-7-4-12-27-19/h1-8,11-13,16H,9-10,14-15H2. The Morgan fingerprint density at radius 2 is 2.00 bits per heavy atom. The third-order valence-corrected chi connectivity index (χ3v) is 5.79. The molecule has 1 aliphatic carbocycles. The number of aromatic nitrogens is 4. The predicted octanol–water partition coefficient (Wildman–Crippen LogP) is 5.28. The first-order chi connectivity index (χ1) is 14.4. The van der Waals surface area contributed by atoms with Crippen LogP contribution in [0.4, 0.5) is 0 Å². The van der Waals surface area contributed by atoms with Crippen LogP contribution < -0.4 is 4.74 Å². The molecule has 7 heteroatoms. The van der Waals surface area contributed by atoms with E-state index in [1.165, 1.54) is 12.8 Å². The highest BCUT2D eigenvalue weighted by Gasteiger charge is 2.30. The first-order valence-corrected chi connectivity index (χ1v) is 10.6. The molecule has 0 spiro atoms. The molecule has 0 aliphatic heterocycles. The van der Waals surface area contributed by atoms with Crippen molar-refractivity contribution in [2.24, 2.45) is 0 Å². The van der Waals surface area contributed by atoms with Crippen LogP contribution in [0.2, 0.25) is 0 Å². The second kappa shape index (κ2) is 8.13. The van der Waals surface area contributed by atoms with Crippen LogP contribution in [0.3, 0.4) is 0 Å². The van der Waals surface area contributed by atoms with E-state index in [9.17, 15) is 0 Å². The van der Waals surface area contributed by atoms with E-state index in [1.54, 1.807) is 30.4 Å². The van der Waals surface area contributed by atoms with Crippen molar-refractivity contribution in [2.45, 2.75) is 36.2 Å². The first-order valence-electron chi connectivity index (χ1n) is 9.61. The van der Waals surface area contributed by atoms with Crippen molar-refractivity contribution in [3.63, 3.8) is 0 Å². The van der Waals surface area contributed by atoms with Crippen molar-refractivity contribution in [1.82, 2.24) is 19.7 Å². The van der Waals surface area contributed by atoms with Crippen LogP contribution in [0, 0.1) is 0 Å². The molecule has 0 amide bonds. The average Bonchev–Trinajstić information content (AvgIpc) is 3.32. The molecule has 0 bridgehead atoms. The van der Waals surface area contributed by atoms with Gasteiger partial charge in [-0.05, 0) is 43.2 Å². The molecule has 1 fully saturated rings. The Labute approximate surface area is 172 Å². The molecule has 5 rings (SSSR count). The van der Waals surface area contributed by atoms with Crippen LogP contribution in [0.25, 0.3) is 0 Å². The summed E-state index contributed by atoms with van der Waals surface area (Å²) in [5, 5.41) is 9.84. The van der Waals surface area contributed by atoms with Crippen molar-refractivity contribution < 1.29 is 9.15 Å². The number of furan rings is 1. The highest BCUT2D eigenvalue weighted by Crippen LogP contribution is 2.40. The number of hydrogen-bond donors (Lipinski definition) is 0. The maximum Gasteiger partial charge on any atom is 0.191 e. The lowest BCUT2D eigenvalue weighted by molar-refractivity contribution is 0.475. The van der Waals surface area contributed by atoms with Crippen LogP contribution in [0.1, 0.15) is 35.9 Å². The zero-order valence-corrected chi connectivity index (χ0v) is 16.6. The lowest BCUT2D eigenvalue weighted by atomic mass is 10.2. The molecule has 0 N–H and O–H groups in total. The van der Waals surface area contributed by atoms with Gasteiger partial charge >= 0.3 is 0 Å². The van der Waals surface area contributed by atoms with Gasteiger partial charge in [0.2, 0.25) is 0 Å². The van der Waals surface area contributed by atoms with Crippen LogP contribution in [-0.4, -0.2) is 19.7 Å². The largest absolute Gasteiger partial charge is 0.467 e. The zero-order chi connectivity index (χ0) is 19.5. The maximum atomic E-state index is 6.03. The van der Waals surface area contributed by atoms with Crippen molar-refractivity contribution >= 4 is 11.8 Å². The summed E-state index contributed by atoms with van der Waals surface area (Å²) in [6.07, 6.45) is 7.52. The summed E-state index contributed by atoms with van der Waals surface area (Å²) < 4.78 is 13.8. The van der Waals surface area contributed by atoms with Crippen molar-refractivity contribution in [2.75, 3.05) is 0 Å². The SMILES string of the molecule is c1cncc(Oc2ccccc2CSc2nnc(C3CC3)n2Cc2ccco2)c1. The number of ether oxygens (including phenoxy) is 1. The molecule has 1 aromatic carbocycles. The lowest BCUT2D eigenvalue weighted by Gasteiger charge is -2.11. The fraction of sp³-hybridized carbons (Fsp3) is 0.227. The lowest BCUT2D eigenvalue weighted by Crippen LogP contribution is -2.05. The van der Waals surface area contributed by atoms with E-state index in [0.717, 1.165) is 39.6 Å². The van der Waals surface area contributed by atoms with Crippen LogP contribution in [0.15, 0.2) is 76.8 Å². The number of rotatable bonds is 8. The van der Waals surface area contributed by atoms with Crippen LogP contribution in [-0.2, 0) is 12.3 Å². The van der Waals surface area contributed by atoms with Gasteiger partial charge in [-0.1, -0.05) is 30.0 Å². The van der Waals surface area contributed by atoms with Gasteiger partial charge in [0, 0.05) is 23.4 Å². The molecule has 146 valence electrons. The summed E-state index contributed by atoms with van der Waals surface area (Å²) >= 11 is 1.66. The Morgan fingerprint density at radius 1 is 1.07 bits per heavy atom. The summed E-state index contributed by atoms with van der Waals surface area (Å²) in [6, 6.07) is 15.7. The number of benzene rings is 1. The molecule has 0 radical (unpaired) electrons. The number of nitrogens with zero attached hydrogens (tertiary/aromatic N) is 4. The summed E-state index contributed by atoms with van der Waals surface area (Å²) in [5.74, 6) is 4.78. The first kappa shape index (κ1) is 18.0. The highest BCUT2D eigenvalue weighted by atomic mass is 32.2. The normalized spacial score (nSPS) is 13.5. The van der Waals surface area contributed by atoms with Crippen LogP contribution >= 0.6 is 11.8 Å². The summed E-state index contributed by atoms with van der Waals surface area (Å²) in [4.78, 5) is 4.12. The van der Waals surface area contributed by atoms with Crippen molar-refractivity contribution in [1.29, 1.82) is 0 Å². The van der Waals surface area contributed by atoms with E-state index in [4.69, 9.17) is 9.15 Å². The Balaban J connectivity index is 1.35. The summed E-state index contributed by atoms with van der Waals surface area (Å²) in [5.41, 5.74) is 1.10. The Kier molecular flexibility index (Phi) is 5.04. The number of para-hydroxylation sites is 1. The molecular weight excluding hydrogens is 384 g/mol. The summed E-state index contributed by atoms with van der Waals surface area (Å²) in [7, 11) is 0. The molecule has 1 aliphatic rings. The minimum Gasteiger partial charge on any atom is -0.467 e. The Hall–Kier alpha value is -3.06. The molecule has 3 aromatic heterocycles. The second-order valence-corrected chi connectivity index (χ2v) is 7.91. The number of thioether (sulfide) groups is 1. The van der Waals surface area contributed by atoms with Gasteiger partial charge in [-0.25, -0.2) is 0 Å². The fourth-order valence-electron chi connectivity index (χ4n) is 3.16. The fourth-order valence-corrected chi connectivity index (χ4v) is 4.09. The molecular formula is C22H20N4O2S. The quantitative estimate of drug-likeness (QED) is 0.372. The van der Waals surface area contributed by atoms with Gasteiger partial charge in [-0.3, -0.25) is 9.55 Å². The Morgan fingerprint density at radius 3 is 2.79 bits per heavy atom. The van der Waals surface area contributed by atoms with E-state index in [2.05, 4.69) is 25.8 Å². The van der Waals surface area contributed by atoms with Gasteiger partial charge < -0.3 is 9.15 Å². The smallest absolute Gasteiger partial charge is 0.191 e. The van der Waals surface area contributed by atoms with E-state index >= 15 is 0 Å². The van der Waals surface area contributed by atoms with Gasteiger partial charge in [0.15, 0.2) is 5.16 Å². The van der Waals surface area contributed by atoms with Gasteiger partial charge in [0.1, 0.15) is 23.1 Å². The second-order valence-electron chi connectivity index (χ2n) is 6.97. The molecule has 3 heterocycles. The highest BCUT2D eigenvalue weighted by molar-refractivity contribution is 7.98. The average molecular weight is 404 g/mol. The van der Waals surface area contributed by atoms with Gasteiger partial charge in [0.25, 0.3) is 0 Å². The third kappa shape index (κ3) is 4.19. The van der Waals surface area contributed by atoms with Crippen LogP contribution in [0.5, 0.6) is 11.5 Å². The number of pyridine rings is 1. The molecule has 1 saturated carbocycles. The summed E-state index contributed by atoms with van der Waals surface area (Å²) in [6.45, 7) is 0.655. The van der Waals surface area contributed by atoms with E-state index in [0.29, 0.717) is 12.5 Å². The topological polar surface area (TPSA) is 66.0 Å². The molecule has 0 saturated heterocycles. The number of hydrogen-bond acceptors (Lipinski definition) is 6. The zero-order valence-electron chi connectivity index (χ0n) is 15.8. The predicted molar refractivity (Wildman–Crippen MR) is 110 cm³/mol. The third-order valence-electron chi connectivity index (χ3n) is 4.77. The maximum absolute atomic E-state index is 6.03. The Bertz CT molecular complexity index is 1080. The van der Waals surface area contributed by atoms with E-state index in [-0.39, 0.29) is 0 Å². The minimum atomic E-state index is 0.521.